The van der Waals surface area contributed by atoms with Gasteiger partial charge in [-0.25, -0.2) is 13.1 Å². The van der Waals surface area contributed by atoms with Crippen molar-refractivity contribution in [3.63, 3.8) is 0 Å². The highest BCUT2D eigenvalue weighted by molar-refractivity contribution is 8.04. The number of aromatic nitrogens is 2. The van der Waals surface area contributed by atoms with E-state index in [9.17, 15) is 43.9 Å². The molecule has 0 saturated carbocycles. The standard InChI is InChI=1S/C65H62N6O12S7/c1-88(74,75)67-65(73)46-24-27-59-52(38-46)69(62(85-59)41-61-68(31-14-34-89(76,77)78)49-40-54-48(39-55(49)83-61)47-18-8-9-19-53(47)82-54)29-11-3-7-21-60(72)66-28-10-4-12-30-70-51-37-45(56-20-13-33-84-56)23-26-58(51)87-63(70)42-64-71(32-15-35-90(79,80)81)50-36-44(22-25-57(50)86-64)43-16-5-2-6-17-43/h2,5-6,8-9,13,16-20,22-27,33,36-42H,3-4,7,10-12,14-15,21,28-32,34-35H2,1H3,(H2-2,66,67,72,73,76,77,78,79,80,81)/p+2. The van der Waals surface area contributed by atoms with Crippen molar-refractivity contribution in [1.29, 1.82) is 0 Å². The number of nitrogens with one attached hydrogen (secondary N) is 2. The quantitative estimate of drug-likeness (QED) is 0.0224. The Morgan fingerprint density at radius 1 is 0.611 bits per heavy atom. The van der Waals surface area contributed by atoms with Crippen LogP contribution in [0.15, 0.2) is 159 Å². The predicted octanol–water partition coefficient (Wildman–Crippen LogP) is 12.9. The average molecular weight is 1350 g/mol. The molecule has 0 atom stereocenters. The first-order chi connectivity index (χ1) is 43.3. The molecule has 0 spiro atoms. The first-order valence-corrected chi connectivity index (χ1v) is 37.9. The minimum absolute atomic E-state index is 0.0391. The van der Waals surface area contributed by atoms with Crippen molar-refractivity contribution in [3.8, 4) is 27.3 Å². The fourth-order valence-electron chi connectivity index (χ4n) is 11.4. The average Bonchev–Trinajstić information content (AvgIpc) is 1.76. The lowest BCUT2D eigenvalue weighted by Gasteiger charge is -2.20. The molecule has 10 aromatic rings. The molecule has 2 amide bonds. The third-order valence-corrected chi connectivity index (χ3v) is 22.0. The summed E-state index contributed by atoms with van der Waals surface area (Å²) in [5, 5.41) is 9.71. The summed E-state index contributed by atoms with van der Waals surface area (Å²) >= 11 is 6.48. The van der Waals surface area contributed by atoms with E-state index in [0.29, 0.717) is 79.3 Å². The third kappa shape index (κ3) is 14.8. The molecule has 466 valence electrons. The fourth-order valence-corrected chi connectivity index (χ4v) is 16.9. The Morgan fingerprint density at radius 3 is 2.08 bits per heavy atom. The number of thiophene rings is 1. The minimum Gasteiger partial charge on any atom is -0.456 e. The molecule has 12 rings (SSSR count). The summed E-state index contributed by atoms with van der Waals surface area (Å²) in [6.07, 6.45) is 10.1. The van der Waals surface area contributed by atoms with Gasteiger partial charge in [0, 0.05) is 83.2 Å². The number of para-hydroxylation sites is 1. The third-order valence-electron chi connectivity index (χ3n) is 15.6. The second-order valence-corrected chi connectivity index (χ2v) is 31.2. The number of thioether (sulfide) groups is 1. The maximum atomic E-state index is 13.3. The van der Waals surface area contributed by atoms with Gasteiger partial charge in [-0.05, 0) is 109 Å². The van der Waals surface area contributed by atoms with Crippen LogP contribution in [0.4, 0.5) is 11.4 Å². The lowest BCUT2D eigenvalue weighted by molar-refractivity contribution is -0.669. The number of amides is 2. The molecule has 0 saturated heterocycles. The lowest BCUT2D eigenvalue weighted by atomic mass is 10.1. The zero-order valence-electron chi connectivity index (χ0n) is 48.9. The Morgan fingerprint density at radius 2 is 1.31 bits per heavy atom. The van der Waals surface area contributed by atoms with Crippen LogP contribution in [-0.2, 0) is 48.1 Å². The number of ether oxygens (including phenoxy) is 1. The molecule has 0 unspecified atom stereocenters. The number of furan rings is 1. The molecular formula is C65H64N6O12S7+2. The Balaban J connectivity index is 0.704. The first kappa shape index (κ1) is 62.7. The van der Waals surface area contributed by atoms with E-state index in [-0.39, 0.29) is 36.6 Å². The van der Waals surface area contributed by atoms with Crippen molar-refractivity contribution in [3.05, 3.63) is 165 Å². The van der Waals surface area contributed by atoms with Crippen molar-refractivity contribution in [2.45, 2.75) is 75.8 Å². The van der Waals surface area contributed by atoms with Crippen LogP contribution in [0.1, 0.15) is 78.2 Å². The van der Waals surface area contributed by atoms with E-state index in [0.717, 1.165) is 100 Å². The lowest BCUT2D eigenvalue weighted by Crippen LogP contribution is -2.36. The molecule has 6 heterocycles. The number of sulfonamides is 1. The highest BCUT2D eigenvalue weighted by Gasteiger charge is 2.33. The number of hydrogen-bond donors (Lipinski definition) is 4. The summed E-state index contributed by atoms with van der Waals surface area (Å²) < 4.78 is 112. The normalized spacial score (nSPS) is 14.4. The first-order valence-electron chi connectivity index (χ1n) is 29.4. The van der Waals surface area contributed by atoms with Gasteiger partial charge in [-0.2, -0.15) is 26.0 Å². The van der Waals surface area contributed by atoms with E-state index in [1.165, 1.54) is 16.2 Å². The van der Waals surface area contributed by atoms with E-state index in [1.807, 2.05) is 70.1 Å². The van der Waals surface area contributed by atoms with Crippen LogP contribution in [0, 0.1) is 0 Å². The van der Waals surface area contributed by atoms with Gasteiger partial charge in [0.1, 0.15) is 20.6 Å². The fraction of sp³-hybridized carbons (Fsp3) is 0.262. The smallest absolute Gasteiger partial charge is 0.268 e. The van der Waals surface area contributed by atoms with E-state index in [1.54, 1.807) is 52.6 Å². The van der Waals surface area contributed by atoms with E-state index >= 15 is 0 Å². The minimum atomic E-state index is -4.26. The number of fused-ring (bicyclic) bond motifs is 7. The summed E-state index contributed by atoms with van der Waals surface area (Å²) in [4.78, 5) is 33.0. The number of thiazole rings is 2. The maximum Gasteiger partial charge on any atom is 0.268 e. The Labute approximate surface area is 537 Å². The molecule has 0 radical (unpaired) electrons. The van der Waals surface area contributed by atoms with Crippen molar-refractivity contribution < 1.29 is 62.2 Å². The van der Waals surface area contributed by atoms with E-state index in [4.69, 9.17) is 9.15 Å². The molecule has 18 nitrogen and oxygen atoms in total. The highest BCUT2D eigenvalue weighted by Crippen LogP contribution is 2.49. The number of nitrogens with zero attached hydrogens (tertiary/aromatic N) is 4. The topological polar surface area (TPSA) is 238 Å². The monoisotopic (exact) mass is 1340 g/mol. The highest BCUT2D eigenvalue weighted by atomic mass is 32.2. The Kier molecular flexibility index (Phi) is 18.7. The molecule has 6 aromatic carbocycles. The van der Waals surface area contributed by atoms with Crippen LogP contribution in [0.5, 0.6) is 5.75 Å². The van der Waals surface area contributed by atoms with Gasteiger partial charge in [0.2, 0.25) is 32.8 Å². The van der Waals surface area contributed by atoms with Crippen molar-refractivity contribution in [1.82, 2.24) is 10.0 Å². The van der Waals surface area contributed by atoms with Gasteiger partial charge >= 0.3 is 0 Å². The van der Waals surface area contributed by atoms with Gasteiger partial charge in [-0.1, -0.05) is 101 Å². The Bertz CT molecular complexity index is 4790. The molecule has 2 aliphatic heterocycles. The molecule has 0 aliphatic carbocycles. The van der Waals surface area contributed by atoms with Crippen molar-refractivity contribution >= 4 is 154 Å². The molecule has 25 heteroatoms. The summed E-state index contributed by atoms with van der Waals surface area (Å²) in [6, 6.07) is 43.7. The van der Waals surface area contributed by atoms with Crippen LogP contribution in [0.3, 0.4) is 0 Å². The number of carbonyl (C=O) groups is 2. The number of hydrogen-bond acceptors (Lipinski definition) is 16. The van der Waals surface area contributed by atoms with Crippen LogP contribution >= 0.6 is 45.8 Å². The van der Waals surface area contributed by atoms with Crippen LogP contribution in [-0.4, -0.2) is 83.6 Å². The van der Waals surface area contributed by atoms with Crippen LogP contribution in [0.2, 0.25) is 0 Å². The van der Waals surface area contributed by atoms with Gasteiger partial charge in [-0.3, -0.25) is 18.7 Å². The molecule has 2 aliphatic rings. The SMILES string of the molecule is CS(=O)(=O)NC(=O)c1ccc2sc(C=C3Oc4cc5c(cc4N3CCCS(=O)(=O)O)oc3ccccc35)[n+](CCCCCC(=O)NCCCCCN3C(=Cc4sc5ccc(-c6ccccc6)cc5[n+]4CCCS(=O)(=O)O)Sc4ccc(-c5cccs5)cc43)c2c1. The molecular weight excluding hydrogens is 1280 g/mol. The Hall–Kier alpha value is -7.46. The maximum absolute atomic E-state index is 13.3. The molecule has 4 N–H and O–H groups in total. The zero-order chi connectivity index (χ0) is 62.7. The van der Waals surface area contributed by atoms with Crippen molar-refractivity contribution in [2.75, 3.05) is 47.2 Å². The zero-order valence-corrected chi connectivity index (χ0v) is 54.6. The molecule has 90 heavy (non-hydrogen) atoms. The van der Waals surface area contributed by atoms with Gasteiger partial charge in [0.05, 0.1) is 46.3 Å². The summed E-state index contributed by atoms with van der Waals surface area (Å²) in [5.41, 5.74) is 8.18. The molecule has 0 bridgehead atoms. The van der Waals surface area contributed by atoms with Gasteiger partial charge in [0.15, 0.2) is 18.8 Å². The largest absolute Gasteiger partial charge is 0.456 e. The summed E-state index contributed by atoms with van der Waals surface area (Å²) in [7, 11) is -12.3. The number of anilines is 2. The number of rotatable bonds is 26. The number of carbonyl (C=O) groups excluding carboxylic acids is 2. The molecule has 4 aromatic heterocycles. The number of aryl methyl sites for hydroxylation is 2. The van der Waals surface area contributed by atoms with E-state index < -0.39 is 41.9 Å². The number of benzene rings is 6. The predicted molar refractivity (Wildman–Crippen MR) is 360 cm³/mol. The second-order valence-electron chi connectivity index (χ2n) is 22.2. The van der Waals surface area contributed by atoms with Crippen LogP contribution < -0.4 is 33.7 Å². The number of unbranched alkanes of at least 4 members (excludes halogenated alkanes) is 4. The molecule has 0 fully saturated rings. The van der Waals surface area contributed by atoms with Gasteiger partial charge in [0.25, 0.3) is 36.2 Å². The summed E-state index contributed by atoms with van der Waals surface area (Å²) in [6.45, 7) is 2.29. The van der Waals surface area contributed by atoms with Gasteiger partial charge in [-0.15, -0.1) is 11.3 Å². The van der Waals surface area contributed by atoms with Crippen molar-refractivity contribution in [2.24, 2.45) is 0 Å². The second kappa shape index (κ2) is 26.8. The van der Waals surface area contributed by atoms with Gasteiger partial charge < -0.3 is 24.3 Å². The summed E-state index contributed by atoms with van der Waals surface area (Å²) in [5.74, 6) is -0.688. The van der Waals surface area contributed by atoms with E-state index in [2.05, 4.69) is 91.6 Å². The van der Waals surface area contributed by atoms with Crippen LogP contribution in [0.25, 0.3) is 76.1 Å².